The van der Waals surface area contributed by atoms with E-state index in [1.807, 2.05) is 49.4 Å². The number of nitrogens with zero attached hydrogens (tertiary/aromatic N) is 3. The Balaban J connectivity index is 1.28. The van der Waals surface area contributed by atoms with Crippen LogP contribution in [0.2, 0.25) is 5.28 Å². The van der Waals surface area contributed by atoms with Crippen molar-refractivity contribution in [2.45, 2.75) is 19.5 Å². The molecule has 0 fully saturated rings. The first-order valence-corrected chi connectivity index (χ1v) is 13.7. The summed E-state index contributed by atoms with van der Waals surface area (Å²) in [6.45, 7) is 2.91. The fourth-order valence-electron chi connectivity index (χ4n) is 4.56. The molecule has 1 atom stereocenters. The summed E-state index contributed by atoms with van der Waals surface area (Å²) in [6, 6.07) is 15.1. The SMILES string of the molecule is COc1ccc(CNC(=O)c2cnc(Cl)nc2Nc2ccc3c(ccc4sc5c(c43)NC[C@@H](C)NC5=O)n2)cc1. The zero-order chi connectivity index (χ0) is 27.8. The summed E-state index contributed by atoms with van der Waals surface area (Å²) in [5, 5.41) is 14.3. The Bertz CT molecular complexity index is 1770. The molecule has 0 bridgehead atoms. The Morgan fingerprint density at radius 3 is 2.77 bits per heavy atom. The second-order valence-corrected chi connectivity index (χ2v) is 10.7. The number of ether oxygens (including phenoxy) is 1. The number of methoxy groups -OCH3 is 1. The van der Waals surface area contributed by atoms with Gasteiger partial charge in [0.1, 0.15) is 27.8 Å². The number of benzene rings is 2. The van der Waals surface area contributed by atoms with Gasteiger partial charge in [0.25, 0.3) is 11.8 Å². The summed E-state index contributed by atoms with van der Waals surface area (Å²) in [5.74, 6) is 1.01. The van der Waals surface area contributed by atoms with Crippen LogP contribution in [0.1, 0.15) is 32.5 Å². The normalized spacial score (nSPS) is 14.7. The first-order chi connectivity index (χ1) is 19.4. The van der Waals surface area contributed by atoms with E-state index in [0.717, 1.165) is 38.0 Å². The Morgan fingerprint density at radius 2 is 1.98 bits per heavy atom. The van der Waals surface area contributed by atoms with E-state index in [9.17, 15) is 9.59 Å². The van der Waals surface area contributed by atoms with Crippen molar-refractivity contribution in [3.63, 3.8) is 0 Å². The van der Waals surface area contributed by atoms with Crippen LogP contribution in [0.25, 0.3) is 21.0 Å². The minimum Gasteiger partial charge on any atom is -0.497 e. The lowest BCUT2D eigenvalue weighted by Crippen LogP contribution is -2.34. The summed E-state index contributed by atoms with van der Waals surface area (Å²) in [7, 11) is 1.60. The molecule has 3 aromatic heterocycles. The number of carbonyl (C=O) groups is 2. The van der Waals surface area contributed by atoms with E-state index in [1.165, 1.54) is 17.5 Å². The van der Waals surface area contributed by atoms with Crippen LogP contribution in [0.3, 0.4) is 0 Å². The fraction of sp³-hybridized carbons (Fsp3) is 0.179. The van der Waals surface area contributed by atoms with Gasteiger partial charge in [-0.05, 0) is 60.5 Å². The largest absolute Gasteiger partial charge is 0.497 e. The average Bonchev–Trinajstić information content (AvgIpc) is 3.28. The lowest BCUT2D eigenvalue weighted by molar-refractivity contribution is 0.0941. The molecule has 6 rings (SSSR count). The van der Waals surface area contributed by atoms with E-state index in [1.54, 1.807) is 13.2 Å². The number of hydrogen-bond acceptors (Lipinski definition) is 9. The zero-order valence-electron chi connectivity index (χ0n) is 21.5. The molecule has 0 saturated heterocycles. The Kier molecular flexibility index (Phi) is 6.82. The molecular formula is C28H24ClN7O3S. The molecule has 0 saturated carbocycles. The van der Waals surface area contributed by atoms with Crippen LogP contribution in [0.4, 0.5) is 17.3 Å². The second kappa shape index (κ2) is 10.6. The van der Waals surface area contributed by atoms with Crippen molar-refractivity contribution in [1.29, 1.82) is 0 Å². The van der Waals surface area contributed by atoms with Crippen molar-refractivity contribution in [1.82, 2.24) is 25.6 Å². The highest BCUT2D eigenvalue weighted by Gasteiger charge is 2.25. The molecule has 2 amide bonds. The number of halogens is 1. The molecule has 0 unspecified atom stereocenters. The molecule has 2 aromatic carbocycles. The van der Waals surface area contributed by atoms with Crippen molar-refractivity contribution in [3.8, 4) is 5.75 Å². The number of amides is 2. The van der Waals surface area contributed by atoms with Gasteiger partial charge in [0.2, 0.25) is 5.28 Å². The van der Waals surface area contributed by atoms with Crippen molar-refractivity contribution in [3.05, 3.63) is 76.0 Å². The Morgan fingerprint density at radius 1 is 1.15 bits per heavy atom. The summed E-state index contributed by atoms with van der Waals surface area (Å²) in [5.41, 5.74) is 2.69. The summed E-state index contributed by atoms with van der Waals surface area (Å²) in [4.78, 5) is 39.4. The van der Waals surface area contributed by atoms with Gasteiger partial charge in [-0.3, -0.25) is 9.59 Å². The predicted octanol–water partition coefficient (Wildman–Crippen LogP) is 5.12. The van der Waals surface area contributed by atoms with Gasteiger partial charge in [-0.2, -0.15) is 4.98 Å². The molecule has 1 aliphatic rings. The third-order valence-electron chi connectivity index (χ3n) is 6.55. The van der Waals surface area contributed by atoms with Crippen LogP contribution in [0.5, 0.6) is 5.75 Å². The maximum absolute atomic E-state index is 13.0. The number of nitrogens with one attached hydrogen (secondary N) is 4. The lowest BCUT2D eigenvalue weighted by Gasteiger charge is -2.12. The Labute approximate surface area is 238 Å². The number of rotatable bonds is 6. The van der Waals surface area contributed by atoms with Crippen LogP contribution < -0.4 is 26.0 Å². The molecule has 0 aliphatic carbocycles. The van der Waals surface area contributed by atoms with Crippen LogP contribution in [0.15, 0.2) is 54.7 Å². The highest BCUT2D eigenvalue weighted by Crippen LogP contribution is 2.41. The fourth-order valence-corrected chi connectivity index (χ4v) is 5.79. The number of pyridine rings is 1. The van der Waals surface area contributed by atoms with Gasteiger partial charge in [-0.25, -0.2) is 9.97 Å². The number of thiophene rings is 1. The summed E-state index contributed by atoms with van der Waals surface area (Å²) in [6.07, 6.45) is 1.38. The van der Waals surface area contributed by atoms with Crippen LogP contribution in [-0.2, 0) is 6.54 Å². The number of carbonyl (C=O) groups excluding carboxylic acids is 2. The third kappa shape index (κ3) is 4.96. The van der Waals surface area contributed by atoms with Crippen molar-refractivity contribution < 1.29 is 14.3 Å². The van der Waals surface area contributed by atoms with Crippen LogP contribution in [0, 0.1) is 0 Å². The Hall–Kier alpha value is -4.48. The summed E-state index contributed by atoms with van der Waals surface area (Å²) < 4.78 is 6.18. The smallest absolute Gasteiger partial charge is 0.263 e. The molecule has 4 heterocycles. The second-order valence-electron chi connectivity index (χ2n) is 9.32. The van der Waals surface area contributed by atoms with Crippen molar-refractivity contribution >= 4 is 73.1 Å². The first kappa shape index (κ1) is 25.8. The molecule has 0 radical (unpaired) electrons. The highest BCUT2D eigenvalue weighted by molar-refractivity contribution is 7.21. The van der Waals surface area contributed by atoms with Gasteiger partial charge in [0.15, 0.2) is 0 Å². The molecule has 4 N–H and O–H groups in total. The molecule has 1 aliphatic heterocycles. The first-order valence-electron chi connectivity index (χ1n) is 12.5. The molecule has 10 nitrogen and oxygen atoms in total. The van der Waals surface area contributed by atoms with E-state index in [0.29, 0.717) is 23.8 Å². The predicted molar refractivity (Wildman–Crippen MR) is 157 cm³/mol. The third-order valence-corrected chi connectivity index (χ3v) is 7.89. The van der Waals surface area contributed by atoms with Gasteiger partial charge in [-0.1, -0.05) is 12.1 Å². The van der Waals surface area contributed by atoms with E-state index in [-0.39, 0.29) is 34.5 Å². The van der Waals surface area contributed by atoms with Gasteiger partial charge in [-0.15, -0.1) is 11.3 Å². The molecule has 5 aromatic rings. The van der Waals surface area contributed by atoms with E-state index in [2.05, 4.69) is 31.2 Å². The van der Waals surface area contributed by atoms with E-state index >= 15 is 0 Å². The maximum Gasteiger partial charge on any atom is 0.263 e. The maximum atomic E-state index is 13.0. The average molecular weight is 574 g/mol. The number of aromatic nitrogens is 3. The monoisotopic (exact) mass is 573 g/mol. The highest BCUT2D eigenvalue weighted by atomic mass is 35.5. The van der Waals surface area contributed by atoms with Gasteiger partial charge in [0, 0.05) is 40.8 Å². The van der Waals surface area contributed by atoms with E-state index in [4.69, 9.17) is 21.3 Å². The van der Waals surface area contributed by atoms with Crippen LogP contribution >= 0.6 is 22.9 Å². The van der Waals surface area contributed by atoms with Crippen LogP contribution in [-0.4, -0.2) is 46.5 Å². The number of anilines is 3. The lowest BCUT2D eigenvalue weighted by atomic mass is 10.1. The number of fused-ring (bicyclic) bond motifs is 5. The molecule has 202 valence electrons. The quantitative estimate of drug-likeness (QED) is 0.206. The van der Waals surface area contributed by atoms with Gasteiger partial charge in [0.05, 0.1) is 18.3 Å². The molecule has 40 heavy (non-hydrogen) atoms. The van der Waals surface area contributed by atoms with Crippen molar-refractivity contribution in [2.75, 3.05) is 24.3 Å². The number of hydrogen-bond donors (Lipinski definition) is 4. The molecular weight excluding hydrogens is 550 g/mol. The zero-order valence-corrected chi connectivity index (χ0v) is 23.1. The molecule has 0 spiro atoms. The topological polar surface area (TPSA) is 130 Å². The van der Waals surface area contributed by atoms with Crippen molar-refractivity contribution in [2.24, 2.45) is 0 Å². The minimum absolute atomic E-state index is 0.00347. The standard InChI is InChI=1S/C28H24ClN7O3S/c1-14-11-30-23-22-17-7-10-21(34-19(17)8-9-20(22)40-24(23)27(38)33-14)35-25-18(13-32-28(29)36-25)26(37)31-12-15-3-5-16(39-2)6-4-15/h3-10,13-14,30H,11-12H2,1-2H3,(H,31,37)(H,33,38)(H,32,34,35,36)/t14-/m1/s1. The van der Waals surface area contributed by atoms with Gasteiger partial charge < -0.3 is 26.0 Å². The molecule has 12 heteroatoms. The van der Waals surface area contributed by atoms with Gasteiger partial charge >= 0.3 is 0 Å². The van der Waals surface area contributed by atoms with E-state index < -0.39 is 0 Å². The summed E-state index contributed by atoms with van der Waals surface area (Å²) >= 11 is 7.53. The minimum atomic E-state index is -0.364.